The smallest absolute Gasteiger partial charge is 0.261 e. The van der Waals surface area contributed by atoms with E-state index in [0.717, 1.165) is 30.5 Å². The van der Waals surface area contributed by atoms with Crippen molar-refractivity contribution in [3.8, 4) is 0 Å². The lowest BCUT2D eigenvalue weighted by atomic mass is 9.71. The van der Waals surface area contributed by atoms with E-state index in [1.54, 1.807) is 0 Å². The molecule has 1 aromatic carbocycles. The second kappa shape index (κ2) is 4.09. The lowest BCUT2D eigenvalue weighted by Crippen LogP contribution is -2.43. The zero-order valence-corrected chi connectivity index (χ0v) is 10.6. The summed E-state index contributed by atoms with van der Waals surface area (Å²) in [6.07, 6.45) is 4.17. The number of anilines is 1. The Morgan fingerprint density at radius 3 is 2.89 bits per heavy atom. The zero-order chi connectivity index (χ0) is 12.8. The van der Waals surface area contributed by atoms with Crippen molar-refractivity contribution in [3.63, 3.8) is 0 Å². The van der Waals surface area contributed by atoms with Gasteiger partial charge < -0.3 is 10.4 Å². The van der Waals surface area contributed by atoms with Gasteiger partial charge in [0.15, 0.2) is 5.60 Å². The molecule has 18 heavy (non-hydrogen) atoms. The van der Waals surface area contributed by atoms with Crippen LogP contribution in [0.1, 0.15) is 38.2 Å². The number of amides is 1. The topological polar surface area (TPSA) is 49.3 Å². The van der Waals surface area contributed by atoms with Crippen LogP contribution in [0.2, 0.25) is 0 Å². The number of fused-ring (bicyclic) bond motifs is 1. The quantitative estimate of drug-likeness (QED) is 0.799. The highest BCUT2D eigenvalue weighted by Gasteiger charge is 2.51. The van der Waals surface area contributed by atoms with Gasteiger partial charge in [-0.15, -0.1) is 0 Å². The summed E-state index contributed by atoms with van der Waals surface area (Å²) in [5, 5.41) is 13.8. The van der Waals surface area contributed by atoms with Gasteiger partial charge in [-0.3, -0.25) is 4.79 Å². The fraction of sp³-hybridized carbons (Fsp3) is 0.533. The monoisotopic (exact) mass is 245 g/mol. The minimum absolute atomic E-state index is 0.0462. The van der Waals surface area contributed by atoms with Crippen LogP contribution < -0.4 is 5.32 Å². The fourth-order valence-electron chi connectivity index (χ4n) is 3.48. The van der Waals surface area contributed by atoms with Crippen molar-refractivity contribution in [2.75, 3.05) is 5.32 Å². The molecule has 2 N–H and O–H groups in total. The standard InChI is InChI=1S/C15H19NO2/c1-10-5-4-6-11(9-10)15(18)12-7-2-3-8-13(12)16-14(15)17/h2-3,7-8,10-11,18H,4-6,9H2,1H3,(H,16,17). The number of nitrogens with one attached hydrogen (secondary N) is 1. The van der Waals surface area contributed by atoms with Crippen molar-refractivity contribution in [1.29, 1.82) is 0 Å². The molecule has 0 bridgehead atoms. The maximum Gasteiger partial charge on any atom is 0.261 e. The third-order valence-electron chi connectivity index (χ3n) is 4.46. The molecule has 0 spiro atoms. The minimum Gasteiger partial charge on any atom is -0.375 e. The number of hydrogen-bond donors (Lipinski definition) is 2. The number of carbonyl (C=O) groups excluding carboxylic acids is 1. The molecule has 3 rings (SSSR count). The lowest BCUT2D eigenvalue weighted by Gasteiger charge is -2.36. The van der Waals surface area contributed by atoms with Gasteiger partial charge in [-0.1, -0.05) is 38.0 Å². The molecule has 0 aromatic heterocycles. The molecule has 2 aliphatic rings. The Hall–Kier alpha value is -1.35. The average molecular weight is 245 g/mol. The van der Waals surface area contributed by atoms with Crippen LogP contribution >= 0.6 is 0 Å². The number of carbonyl (C=O) groups is 1. The summed E-state index contributed by atoms with van der Waals surface area (Å²) in [5.74, 6) is 0.390. The predicted octanol–water partition coefficient (Wildman–Crippen LogP) is 2.65. The fourth-order valence-corrected chi connectivity index (χ4v) is 3.48. The molecule has 3 unspecified atom stereocenters. The van der Waals surface area contributed by atoms with Gasteiger partial charge in [0.25, 0.3) is 5.91 Å². The molecule has 3 atom stereocenters. The van der Waals surface area contributed by atoms with Crippen LogP contribution in [0.25, 0.3) is 0 Å². The molecular weight excluding hydrogens is 226 g/mol. The van der Waals surface area contributed by atoms with Crippen molar-refractivity contribution < 1.29 is 9.90 Å². The molecule has 1 amide bonds. The van der Waals surface area contributed by atoms with Crippen LogP contribution in [-0.4, -0.2) is 11.0 Å². The van der Waals surface area contributed by atoms with E-state index in [1.165, 1.54) is 6.42 Å². The normalized spacial score (nSPS) is 35.1. The molecule has 1 saturated carbocycles. The summed E-state index contributed by atoms with van der Waals surface area (Å²) < 4.78 is 0. The first kappa shape index (κ1) is 11.7. The SMILES string of the molecule is CC1CCCC(C2(O)C(=O)Nc3ccccc32)C1. The third-order valence-corrected chi connectivity index (χ3v) is 4.46. The van der Waals surface area contributed by atoms with E-state index in [4.69, 9.17) is 0 Å². The van der Waals surface area contributed by atoms with E-state index in [-0.39, 0.29) is 11.8 Å². The van der Waals surface area contributed by atoms with Crippen LogP contribution in [0.15, 0.2) is 24.3 Å². The number of aliphatic hydroxyl groups is 1. The van der Waals surface area contributed by atoms with Crippen LogP contribution in [0.3, 0.4) is 0 Å². The van der Waals surface area contributed by atoms with Crippen molar-refractivity contribution >= 4 is 11.6 Å². The highest BCUT2D eigenvalue weighted by Crippen LogP contribution is 2.47. The molecular formula is C15H19NO2. The van der Waals surface area contributed by atoms with Gasteiger partial charge in [0.05, 0.1) is 0 Å². The van der Waals surface area contributed by atoms with Gasteiger partial charge in [-0.25, -0.2) is 0 Å². The van der Waals surface area contributed by atoms with Crippen LogP contribution in [0.5, 0.6) is 0 Å². The summed E-state index contributed by atoms with van der Waals surface area (Å²) in [7, 11) is 0. The van der Waals surface area contributed by atoms with Crippen LogP contribution in [0.4, 0.5) is 5.69 Å². The first-order chi connectivity index (χ1) is 8.62. The molecule has 3 heteroatoms. The van der Waals surface area contributed by atoms with E-state index < -0.39 is 5.60 Å². The van der Waals surface area contributed by atoms with E-state index in [2.05, 4.69) is 12.2 Å². The van der Waals surface area contributed by atoms with Crippen molar-refractivity contribution in [1.82, 2.24) is 0 Å². The Morgan fingerprint density at radius 1 is 1.33 bits per heavy atom. The number of rotatable bonds is 1. The Morgan fingerprint density at radius 2 is 2.11 bits per heavy atom. The molecule has 1 fully saturated rings. The first-order valence-electron chi connectivity index (χ1n) is 6.75. The average Bonchev–Trinajstić information content (AvgIpc) is 2.63. The van der Waals surface area contributed by atoms with Crippen molar-refractivity contribution in [3.05, 3.63) is 29.8 Å². The van der Waals surface area contributed by atoms with Crippen LogP contribution in [-0.2, 0) is 10.4 Å². The van der Waals surface area contributed by atoms with Crippen molar-refractivity contribution in [2.24, 2.45) is 11.8 Å². The van der Waals surface area contributed by atoms with Gasteiger partial charge in [-0.2, -0.15) is 0 Å². The molecule has 1 heterocycles. The van der Waals surface area contributed by atoms with Gasteiger partial charge in [0.2, 0.25) is 0 Å². The van der Waals surface area contributed by atoms with Crippen LogP contribution in [0, 0.1) is 11.8 Å². The Kier molecular flexibility index (Phi) is 2.67. The molecule has 1 aliphatic heterocycles. The molecule has 1 aliphatic carbocycles. The van der Waals surface area contributed by atoms with E-state index >= 15 is 0 Å². The Balaban J connectivity index is 2.00. The number of para-hydroxylation sites is 1. The lowest BCUT2D eigenvalue weighted by molar-refractivity contribution is -0.142. The highest BCUT2D eigenvalue weighted by molar-refractivity contribution is 6.05. The number of benzene rings is 1. The van der Waals surface area contributed by atoms with E-state index in [0.29, 0.717) is 5.92 Å². The third kappa shape index (κ3) is 1.57. The molecule has 3 nitrogen and oxygen atoms in total. The summed E-state index contributed by atoms with van der Waals surface area (Å²) in [6.45, 7) is 2.20. The summed E-state index contributed by atoms with van der Waals surface area (Å²) >= 11 is 0. The van der Waals surface area contributed by atoms with E-state index in [9.17, 15) is 9.90 Å². The zero-order valence-electron chi connectivity index (χ0n) is 10.6. The predicted molar refractivity (Wildman–Crippen MR) is 70.1 cm³/mol. The van der Waals surface area contributed by atoms with Gasteiger partial charge in [0.1, 0.15) is 0 Å². The van der Waals surface area contributed by atoms with Gasteiger partial charge in [0, 0.05) is 17.2 Å². The first-order valence-corrected chi connectivity index (χ1v) is 6.75. The number of hydrogen-bond acceptors (Lipinski definition) is 2. The second-order valence-corrected chi connectivity index (χ2v) is 5.73. The highest BCUT2D eigenvalue weighted by atomic mass is 16.3. The molecule has 96 valence electrons. The summed E-state index contributed by atoms with van der Waals surface area (Å²) in [5.41, 5.74) is 0.211. The maximum absolute atomic E-state index is 12.2. The molecule has 0 saturated heterocycles. The largest absolute Gasteiger partial charge is 0.375 e. The molecule has 1 aromatic rings. The van der Waals surface area contributed by atoms with Crippen molar-refractivity contribution in [2.45, 2.75) is 38.2 Å². The summed E-state index contributed by atoms with van der Waals surface area (Å²) in [4.78, 5) is 12.2. The second-order valence-electron chi connectivity index (χ2n) is 5.73. The Labute approximate surface area is 107 Å². The summed E-state index contributed by atoms with van der Waals surface area (Å²) in [6, 6.07) is 7.49. The molecule has 0 radical (unpaired) electrons. The minimum atomic E-state index is -1.31. The van der Waals surface area contributed by atoms with E-state index in [1.807, 2.05) is 24.3 Å². The maximum atomic E-state index is 12.2. The Bertz CT molecular complexity index is 485. The van der Waals surface area contributed by atoms with Gasteiger partial charge >= 0.3 is 0 Å². The van der Waals surface area contributed by atoms with Gasteiger partial charge in [-0.05, 0) is 24.8 Å².